The highest BCUT2D eigenvalue weighted by Gasteiger charge is 2.38. The zero-order valence-electron chi connectivity index (χ0n) is 12.9. The van der Waals surface area contributed by atoms with Gasteiger partial charge < -0.3 is 10.6 Å². The lowest BCUT2D eigenvalue weighted by Crippen LogP contribution is -2.52. The Morgan fingerprint density at radius 3 is 2.43 bits per heavy atom. The fraction of sp³-hybridized carbons (Fsp3) is 0.588. The molecule has 1 aromatic rings. The molecule has 0 unspecified atom stereocenters. The standard InChI is InChI=1S/C17H26N2O.ClH/c1-19(16(20)17(18)12-6-7-13-17)14-8-5-11-15-9-3-2-4-10-15;/h2-4,9-10H,5-8,11-14,18H2,1H3;1H. The molecule has 0 saturated heterocycles. The third-order valence-corrected chi connectivity index (χ3v) is 4.32. The van der Waals surface area contributed by atoms with Crippen molar-refractivity contribution in [2.45, 2.75) is 50.5 Å². The first-order valence-electron chi connectivity index (χ1n) is 7.70. The highest BCUT2D eigenvalue weighted by molar-refractivity contribution is 5.86. The van der Waals surface area contributed by atoms with Gasteiger partial charge in [-0.25, -0.2) is 0 Å². The minimum absolute atomic E-state index is 0. The van der Waals surface area contributed by atoms with Gasteiger partial charge >= 0.3 is 0 Å². The van der Waals surface area contributed by atoms with Gasteiger partial charge in [0, 0.05) is 13.6 Å². The molecule has 0 heterocycles. The quantitative estimate of drug-likeness (QED) is 0.820. The Balaban J connectivity index is 0.00000220. The van der Waals surface area contributed by atoms with E-state index in [9.17, 15) is 4.79 Å². The highest BCUT2D eigenvalue weighted by Crippen LogP contribution is 2.28. The number of carbonyl (C=O) groups is 1. The molecule has 2 N–H and O–H groups in total. The summed E-state index contributed by atoms with van der Waals surface area (Å²) in [5.41, 5.74) is 7.00. The molecule has 0 radical (unpaired) electrons. The van der Waals surface area contributed by atoms with Crippen LogP contribution in [0.2, 0.25) is 0 Å². The molecule has 0 spiro atoms. The zero-order valence-corrected chi connectivity index (χ0v) is 13.7. The lowest BCUT2D eigenvalue weighted by Gasteiger charge is -2.28. The van der Waals surface area contributed by atoms with Crippen LogP contribution in [0.15, 0.2) is 30.3 Å². The number of amides is 1. The number of nitrogens with zero attached hydrogens (tertiary/aromatic N) is 1. The van der Waals surface area contributed by atoms with Crippen molar-refractivity contribution in [1.29, 1.82) is 0 Å². The van der Waals surface area contributed by atoms with Crippen molar-refractivity contribution in [2.75, 3.05) is 13.6 Å². The van der Waals surface area contributed by atoms with Crippen molar-refractivity contribution in [3.8, 4) is 0 Å². The first-order chi connectivity index (χ1) is 9.62. The smallest absolute Gasteiger partial charge is 0.242 e. The predicted molar refractivity (Wildman–Crippen MR) is 89.7 cm³/mol. The van der Waals surface area contributed by atoms with E-state index >= 15 is 0 Å². The van der Waals surface area contributed by atoms with Crippen LogP contribution in [0.1, 0.15) is 44.1 Å². The predicted octanol–water partition coefficient (Wildman–Crippen LogP) is 3.16. The lowest BCUT2D eigenvalue weighted by atomic mass is 9.97. The first kappa shape index (κ1) is 18.0. The van der Waals surface area contributed by atoms with Crippen molar-refractivity contribution in [3.05, 3.63) is 35.9 Å². The summed E-state index contributed by atoms with van der Waals surface area (Å²) in [5, 5.41) is 0. The van der Waals surface area contributed by atoms with E-state index in [-0.39, 0.29) is 18.3 Å². The number of carbonyl (C=O) groups excluding carboxylic acids is 1. The second kappa shape index (κ2) is 8.40. The van der Waals surface area contributed by atoms with Crippen molar-refractivity contribution < 1.29 is 4.79 Å². The molecule has 0 bridgehead atoms. The Morgan fingerprint density at radius 2 is 1.81 bits per heavy atom. The van der Waals surface area contributed by atoms with Crippen LogP contribution in [0, 0.1) is 0 Å². The van der Waals surface area contributed by atoms with Crippen LogP contribution >= 0.6 is 12.4 Å². The number of aryl methyl sites for hydroxylation is 1. The monoisotopic (exact) mass is 310 g/mol. The van der Waals surface area contributed by atoms with Crippen molar-refractivity contribution in [1.82, 2.24) is 4.90 Å². The number of hydrogen-bond acceptors (Lipinski definition) is 2. The Kier molecular flexibility index (Phi) is 7.20. The van der Waals surface area contributed by atoms with E-state index in [1.54, 1.807) is 0 Å². The summed E-state index contributed by atoms with van der Waals surface area (Å²) in [4.78, 5) is 14.2. The van der Waals surface area contributed by atoms with Gasteiger partial charge in [0.15, 0.2) is 0 Å². The second-order valence-electron chi connectivity index (χ2n) is 6.03. The maximum absolute atomic E-state index is 12.3. The van der Waals surface area contributed by atoms with Gasteiger partial charge in [-0.1, -0.05) is 43.2 Å². The number of unbranched alkanes of at least 4 members (excludes halogenated alkanes) is 1. The topological polar surface area (TPSA) is 46.3 Å². The molecule has 1 aliphatic rings. The molecule has 0 aromatic heterocycles. The van der Waals surface area contributed by atoms with Gasteiger partial charge in [0.1, 0.15) is 0 Å². The third-order valence-electron chi connectivity index (χ3n) is 4.32. The lowest BCUT2D eigenvalue weighted by molar-refractivity contribution is -0.135. The molecular weight excluding hydrogens is 284 g/mol. The number of likely N-dealkylation sites (N-methyl/N-ethyl adjacent to an activating group) is 1. The zero-order chi connectivity index (χ0) is 14.4. The van der Waals surface area contributed by atoms with Crippen LogP contribution in [-0.2, 0) is 11.2 Å². The van der Waals surface area contributed by atoms with E-state index < -0.39 is 5.54 Å². The van der Waals surface area contributed by atoms with E-state index in [4.69, 9.17) is 5.73 Å². The van der Waals surface area contributed by atoms with Gasteiger partial charge in [-0.05, 0) is 37.7 Å². The fourth-order valence-corrected chi connectivity index (χ4v) is 3.02. The summed E-state index contributed by atoms with van der Waals surface area (Å²) in [6.07, 6.45) is 7.09. The fourth-order valence-electron chi connectivity index (χ4n) is 3.02. The van der Waals surface area contributed by atoms with Crippen molar-refractivity contribution >= 4 is 18.3 Å². The summed E-state index contributed by atoms with van der Waals surface area (Å²) in [7, 11) is 1.89. The molecule has 0 atom stereocenters. The molecule has 1 aliphatic carbocycles. The molecule has 1 fully saturated rings. The average Bonchev–Trinajstić information content (AvgIpc) is 2.92. The number of hydrogen-bond donors (Lipinski definition) is 1. The minimum Gasteiger partial charge on any atom is -0.344 e. The summed E-state index contributed by atoms with van der Waals surface area (Å²) < 4.78 is 0. The van der Waals surface area contributed by atoms with Crippen LogP contribution in [0.3, 0.4) is 0 Å². The van der Waals surface area contributed by atoms with E-state index in [0.29, 0.717) is 0 Å². The molecule has 3 nitrogen and oxygen atoms in total. The highest BCUT2D eigenvalue weighted by atomic mass is 35.5. The van der Waals surface area contributed by atoms with Gasteiger partial charge in [-0.2, -0.15) is 0 Å². The van der Waals surface area contributed by atoms with Gasteiger partial charge in [0.2, 0.25) is 5.91 Å². The Labute approximate surface area is 134 Å². The number of rotatable bonds is 6. The van der Waals surface area contributed by atoms with Gasteiger partial charge in [0.25, 0.3) is 0 Å². The Hall–Kier alpha value is -1.06. The van der Waals surface area contributed by atoms with Gasteiger partial charge in [-0.3, -0.25) is 4.79 Å². The summed E-state index contributed by atoms with van der Waals surface area (Å²) in [6.45, 7) is 0.810. The normalized spacial score (nSPS) is 16.3. The number of nitrogens with two attached hydrogens (primary N) is 1. The van der Waals surface area contributed by atoms with Crippen LogP contribution in [0.4, 0.5) is 0 Å². The Morgan fingerprint density at radius 1 is 1.19 bits per heavy atom. The number of halogens is 1. The molecule has 1 saturated carbocycles. The summed E-state index contributed by atoms with van der Waals surface area (Å²) in [6, 6.07) is 10.5. The molecule has 1 amide bonds. The maximum atomic E-state index is 12.3. The summed E-state index contributed by atoms with van der Waals surface area (Å²) >= 11 is 0. The van der Waals surface area contributed by atoms with E-state index in [2.05, 4.69) is 24.3 Å². The molecule has 21 heavy (non-hydrogen) atoms. The largest absolute Gasteiger partial charge is 0.344 e. The molecule has 2 rings (SSSR count). The van der Waals surface area contributed by atoms with Crippen LogP contribution in [-0.4, -0.2) is 29.9 Å². The second-order valence-corrected chi connectivity index (χ2v) is 6.03. The van der Waals surface area contributed by atoms with Crippen molar-refractivity contribution in [3.63, 3.8) is 0 Å². The molecular formula is C17H27ClN2O. The van der Waals surface area contributed by atoms with Gasteiger partial charge in [0.05, 0.1) is 5.54 Å². The van der Waals surface area contributed by atoms with Crippen LogP contribution in [0.25, 0.3) is 0 Å². The van der Waals surface area contributed by atoms with Crippen molar-refractivity contribution in [2.24, 2.45) is 5.73 Å². The minimum atomic E-state index is -0.575. The van der Waals surface area contributed by atoms with E-state index in [1.807, 2.05) is 18.0 Å². The Bertz CT molecular complexity index is 430. The first-order valence-corrected chi connectivity index (χ1v) is 7.70. The number of benzene rings is 1. The molecule has 118 valence electrons. The maximum Gasteiger partial charge on any atom is 0.242 e. The van der Waals surface area contributed by atoms with Crippen LogP contribution in [0.5, 0.6) is 0 Å². The average molecular weight is 311 g/mol. The van der Waals surface area contributed by atoms with Crippen LogP contribution < -0.4 is 5.73 Å². The summed E-state index contributed by atoms with van der Waals surface area (Å²) in [5.74, 6) is 0.134. The SMILES string of the molecule is CN(CCCCc1ccccc1)C(=O)C1(N)CCCC1.Cl. The third kappa shape index (κ3) is 5.01. The van der Waals surface area contributed by atoms with E-state index in [1.165, 1.54) is 5.56 Å². The van der Waals surface area contributed by atoms with E-state index in [0.717, 1.165) is 51.5 Å². The molecule has 0 aliphatic heterocycles. The van der Waals surface area contributed by atoms with Gasteiger partial charge in [-0.15, -0.1) is 12.4 Å². The molecule has 4 heteroatoms. The molecule has 1 aromatic carbocycles.